The van der Waals surface area contributed by atoms with Crippen LogP contribution in [0.25, 0.3) is 0 Å². The molecule has 0 heterocycles. The molecule has 0 aliphatic carbocycles. The summed E-state index contributed by atoms with van der Waals surface area (Å²) in [6.07, 6.45) is 1.32. The molecule has 0 aliphatic rings. The Balaban J connectivity index is 2.37. The number of carbonyl (C=O) groups excluding carboxylic acids is 1. The van der Waals surface area contributed by atoms with Gasteiger partial charge < -0.3 is 15.8 Å². The Kier molecular flexibility index (Phi) is 6.32. The Morgan fingerprint density at radius 3 is 2.56 bits per heavy atom. The Morgan fingerprint density at radius 1 is 1.33 bits per heavy atom. The molecule has 0 spiro atoms. The molecule has 1 aromatic carbocycles. The van der Waals surface area contributed by atoms with Crippen molar-refractivity contribution in [1.82, 2.24) is 0 Å². The Hall–Kier alpha value is -1.46. The number of amides is 1. The molecule has 18 heavy (non-hydrogen) atoms. The summed E-state index contributed by atoms with van der Waals surface area (Å²) in [7, 11) is 0. The van der Waals surface area contributed by atoms with Gasteiger partial charge in [-0.2, -0.15) is 0 Å². The van der Waals surface area contributed by atoms with Crippen molar-refractivity contribution >= 4 is 28.8 Å². The van der Waals surface area contributed by atoms with Crippen LogP contribution in [0.15, 0.2) is 24.3 Å². The lowest BCUT2D eigenvalue weighted by molar-refractivity contribution is -0.117. The van der Waals surface area contributed by atoms with E-state index in [4.69, 9.17) is 22.7 Å². The van der Waals surface area contributed by atoms with Gasteiger partial charge in [0, 0.05) is 17.9 Å². The number of hydrogen-bond acceptors (Lipinski definition) is 3. The summed E-state index contributed by atoms with van der Waals surface area (Å²) in [4.78, 5) is 11.9. The summed E-state index contributed by atoms with van der Waals surface area (Å²) >= 11 is 4.85. The monoisotopic (exact) mass is 266 g/mol. The Bertz CT molecular complexity index is 404. The van der Waals surface area contributed by atoms with Crippen molar-refractivity contribution in [3.05, 3.63) is 29.8 Å². The third-order valence-electron chi connectivity index (χ3n) is 2.28. The van der Waals surface area contributed by atoms with E-state index in [-0.39, 0.29) is 5.91 Å². The molecule has 0 aromatic heterocycles. The van der Waals surface area contributed by atoms with Gasteiger partial charge in [-0.05, 0) is 30.7 Å². The van der Waals surface area contributed by atoms with Crippen LogP contribution in [0, 0.1) is 0 Å². The largest absolute Gasteiger partial charge is 0.389 e. The van der Waals surface area contributed by atoms with Crippen LogP contribution < -0.4 is 11.1 Å². The van der Waals surface area contributed by atoms with Crippen molar-refractivity contribution in [2.24, 2.45) is 5.73 Å². The van der Waals surface area contributed by atoms with Crippen molar-refractivity contribution in [3.8, 4) is 0 Å². The summed E-state index contributed by atoms with van der Waals surface area (Å²) in [6.45, 7) is 3.17. The van der Waals surface area contributed by atoms with Crippen molar-refractivity contribution < 1.29 is 9.53 Å². The van der Waals surface area contributed by atoms with Crippen molar-refractivity contribution in [2.45, 2.75) is 19.8 Å². The zero-order valence-corrected chi connectivity index (χ0v) is 11.3. The highest BCUT2D eigenvalue weighted by Crippen LogP contribution is 2.09. The average molecular weight is 266 g/mol. The number of nitrogens with one attached hydrogen (secondary N) is 1. The second-order valence-electron chi connectivity index (χ2n) is 3.85. The highest BCUT2D eigenvalue weighted by Gasteiger charge is 2.02. The third-order valence-corrected chi connectivity index (χ3v) is 2.51. The van der Waals surface area contributed by atoms with Crippen LogP contribution in [0.4, 0.5) is 5.69 Å². The number of rotatable bonds is 7. The van der Waals surface area contributed by atoms with E-state index < -0.39 is 0 Å². The van der Waals surface area contributed by atoms with Crippen LogP contribution in [0.1, 0.15) is 25.3 Å². The van der Waals surface area contributed by atoms with Crippen LogP contribution in [0.2, 0.25) is 0 Å². The summed E-state index contributed by atoms with van der Waals surface area (Å²) in [5.41, 5.74) is 7.01. The highest BCUT2D eigenvalue weighted by atomic mass is 32.1. The lowest BCUT2D eigenvalue weighted by atomic mass is 10.2. The lowest BCUT2D eigenvalue weighted by Crippen LogP contribution is -2.14. The maximum Gasteiger partial charge on any atom is 0.226 e. The Labute approximate surface area is 113 Å². The molecular formula is C13H18N2O2S. The average Bonchev–Trinajstić information content (AvgIpc) is 2.35. The summed E-state index contributed by atoms with van der Waals surface area (Å²) in [5.74, 6) is -0.0609. The molecule has 0 saturated heterocycles. The van der Waals surface area contributed by atoms with Crippen molar-refractivity contribution in [1.29, 1.82) is 0 Å². The fourth-order valence-electron chi connectivity index (χ4n) is 1.35. The van der Waals surface area contributed by atoms with Crippen LogP contribution >= 0.6 is 12.2 Å². The highest BCUT2D eigenvalue weighted by molar-refractivity contribution is 7.80. The van der Waals surface area contributed by atoms with Crippen LogP contribution in [-0.4, -0.2) is 24.1 Å². The van der Waals surface area contributed by atoms with Gasteiger partial charge in [0.15, 0.2) is 0 Å². The maximum absolute atomic E-state index is 11.6. The third kappa shape index (κ3) is 5.25. The topological polar surface area (TPSA) is 64.3 Å². The number of carbonyl (C=O) groups is 1. The van der Waals surface area contributed by atoms with Crippen LogP contribution in [0.5, 0.6) is 0 Å². The van der Waals surface area contributed by atoms with Crippen LogP contribution in [0.3, 0.4) is 0 Å². The molecule has 4 nitrogen and oxygen atoms in total. The number of nitrogens with two attached hydrogens (primary N) is 1. The van der Waals surface area contributed by atoms with E-state index in [2.05, 4.69) is 5.32 Å². The van der Waals surface area contributed by atoms with Gasteiger partial charge in [-0.25, -0.2) is 0 Å². The molecule has 0 fully saturated rings. The zero-order chi connectivity index (χ0) is 13.4. The minimum atomic E-state index is -0.0609. The van der Waals surface area contributed by atoms with E-state index in [1.165, 1.54) is 0 Å². The van der Waals surface area contributed by atoms with Crippen molar-refractivity contribution in [3.63, 3.8) is 0 Å². The number of anilines is 1. The van der Waals surface area contributed by atoms with Crippen LogP contribution in [-0.2, 0) is 9.53 Å². The van der Waals surface area contributed by atoms with Gasteiger partial charge in [0.1, 0.15) is 4.99 Å². The number of ether oxygens (including phenoxy) is 1. The van der Waals surface area contributed by atoms with E-state index in [1.54, 1.807) is 24.3 Å². The SMILES string of the molecule is CCCOCCC(=O)Nc1ccc(C(N)=S)cc1. The summed E-state index contributed by atoms with van der Waals surface area (Å²) in [5, 5.41) is 2.78. The number of benzene rings is 1. The van der Waals surface area contributed by atoms with Gasteiger partial charge in [-0.3, -0.25) is 4.79 Å². The molecule has 1 aromatic rings. The van der Waals surface area contributed by atoms with Gasteiger partial charge in [0.25, 0.3) is 0 Å². The first-order valence-electron chi connectivity index (χ1n) is 5.91. The summed E-state index contributed by atoms with van der Waals surface area (Å²) in [6, 6.07) is 7.12. The van der Waals surface area contributed by atoms with Gasteiger partial charge in [-0.15, -0.1) is 0 Å². The number of thiocarbonyl (C=S) groups is 1. The minimum absolute atomic E-state index is 0.0609. The molecular weight excluding hydrogens is 248 g/mol. The quantitative estimate of drug-likeness (QED) is 0.586. The molecule has 0 saturated carbocycles. The van der Waals surface area contributed by atoms with E-state index in [1.807, 2.05) is 6.92 Å². The first-order chi connectivity index (χ1) is 8.63. The molecule has 0 atom stereocenters. The van der Waals surface area contributed by atoms with Crippen molar-refractivity contribution in [2.75, 3.05) is 18.5 Å². The summed E-state index contributed by atoms with van der Waals surface area (Å²) < 4.78 is 5.25. The lowest BCUT2D eigenvalue weighted by Gasteiger charge is -2.06. The van der Waals surface area contributed by atoms with Gasteiger partial charge in [0.05, 0.1) is 13.0 Å². The fraction of sp³-hybridized carbons (Fsp3) is 0.385. The van der Waals surface area contributed by atoms with Gasteiger partial charge in [-0.1, -0.05) is 19.1 Å². The first-order valence-corrected chi connectivity index (χ1v) is 6.31. The molecule has 1 amide bonds. The zero-order valence-electron chi connectivity index (χ0n) is 10.4. The molecule has 0 aliphatic heterocycles. The molecule has 98 valence electrons. The Morgan fingerprint density at radius 2 is 2.00 bits per heavy atom. The fourth-order valence-corrected chi connectivity index (χ4v) is 1.49. The first kappa shape index (κ1) is 14.6. The van der Waals surface area contributed by atoms with Gasteiger partial charge >= 0.3 is 0 Å². The maximum atomic E-state index is 11.6. The van der Waals surface area contributed by atoms with E-state index in [0.29, 0.717) is 24.6 Å². The molecule has 5 heteroatoms. The minimum Gasteiger partial charge on any atom is -0.389 e. The molecule has 1 rings (SSSR count). The normalized spacial score (nSPS) is 10.1. The molecule has 0 bridgehead atoms. The molecule has 0 radical (unpaired) electrons. The van der Waals surface area contributed by atoms with E-state index in [0.717, 1.165) is 17.7 Å². The number of hydrogen-bond donors (Lipinski definition) is 2. The second-order valence-corrected chi connectivity index (χ2v) is 4.29. The van der Waals surface area contributed by atoms with E-state index in [9.17, 15) is 4.79 Å². The standard InChI is InChI=1S/C13H18N2O2S/c1-2-8-17-9-7-12(16)15-11-5-3-10(4-6-11)13(14)18/h3-6H,2,7-9H2,1H3,(H2,14,18)(H,15,16). The smallest absolute Gasteiger partial charge is 0.226 e. The van der Waals surface area contributed by atoms with E-state index >= 15 is 0 Å². The molecule has 0 unspecified atom stereocenters. The predicted molar refractivity (Wildman–Crippen MR) is 76.7 cm³/mol. The molecule has 3 N–H and O–H groups in total. The van der Waals surface area contributed by atoms with Gasteiger partial charge in [0.2, 0.25) is 5.91 Å². The predicted octanol–water partition coefficient (Wildman–Crippen LogP) is 2.08. The second kappa shape index (κ2) is 7.79.